The molecule has 0 unspecified atom stereocenters. The molecule has 40 heavy (non-hydrogen) atoms. The molecule has 0 aliphatic rings. The van der Waals surface area contributed by atoms with Gasteiger partial charge in [-0.2, -0.15) is 5.10 Å². The molecule has 3 amide bonds. The number of nitrogens with two attached hydrogens (primary N) is 1. The van der Waals surface area contributed by atoms with Crippen molar-refractivity contribution in [3.63, 3.8) is 0 Å². The molecule has 0 radical (unpaired) electrons. The molecule has 0 aliphatic carbocycles. The molecule has 0 fully saturated rings. The van der Waals surface area contributed by atoms with E-state index in [0.717, 1.165) is 5.56 Å². The Balaban J connectivity index is 1.51. The molecule has 4 rings (SSSR count). The fourth-order valence-corrected chi connectivity index (χ4v) is 4.31. The highest BCUT2D eigenvalue weighted by molar-refractivity contribution is 6.30. The number of carbonyl (C=O) groups is 3. The molecule has 12 nitrogen and oxygen atoms in total. The first-order chi connectivity index (χ1) is 19.2. The van der Waals surface area contributed by atoms with Crippen LogP contribution in [0, 0.1) is 6.92 Å². The number of nitrogens with zero attached hydrogens (tertiary/aromatic N) is 4. The van der Waals surface area contributed by atoms with Crippen LogP contribution in [0.1, 0.15) is 45.4 Å². The summed E-state index contributed by atoms with van der Waals surface area (Å²) in [4.78, 5) is 41.8. The van der Waals surface area contributed by atoms with Crippen molar-refractivity contribution in [3.05, 3.63) is 70.0 Å². The molecule has 0 atom stereocenters. The van der Waals surface area contributed by atoms with Crippen molar-refractivity contribution in [2.45, 2.75) is 40.0 Å². The number of ether oxygens (including phenoxy) is 2. The summed E-state index contributed by atoms with van der Waals surface area (Å²) in [5.74, 6) is -0.420. The van der Waals surface area contributed by atoms with Gasteiger partial charge in [-0.05, 0) is 56.2 Å². The highest BCUT2D eigenvalue weighted by Crippen LogP contribution is 2.31. The number of aryl methyl sites for hydroxylation is 3. The van der Waals surface area contributed by atoms with E-state index in [2.05, 4.69) is 20.7 Å². The topological polar surface area (TPSA) is 155 Å². The number of primary amides is 1. The number of benzene rings is 2. The first kappa shape index (κ1) is 28.4. The number of hydrogen-bond acceptors (Lipinski definition) is 7. The number of rotatable bonds is 11. The van der Waals surface area contributed by atoms with Gasteiger partial charge in [0.1, 0.15) is 23.6 Å². The van der Waals surface area contributed by atoms with Crippen molar-refractivity contribution < 1.29 is 23.9 Å². The average molecular weight is 568 g/mol. The van der Waals surface area contributed by atoms with E-state index in [0.29, 0.717) is 52.7 Å². The summed E-state index contributed by atoms with van der Waals surface area (Å²) in [5, 5.41) is 10.5. The number of fused-ring (bicyclic) bond motifs is 1. The number of methoxy groups -OCH3 is 1. The third-order valence-corrected chi connectivity index (χ3v) is 6.33. The Bertz CT molecular complexity index is 1550. The fraction of sp³-hybridized carbons (Fsp3) is 0.296. The van der Waals surface area contributed by atoms with Gasteiger partial charge in [-0.1, -0.05) is 23.7 Å². The molecule has 4 aromatic rings. The highest BCUT2D eigenvalue weighted by Gasteiger charge is 2.21. The molecule has 2 aromatic heterocycles. The summed E-state index contributed by atoms with van der Waals surface area (Å²) in [5.41, 5.74) is 8.60. The highest BCUT2D eigenvalue weighted by atomic mass is 35.5. The van der Waals surface area contributed by atoms with Crippen LogP contribution in [0.25, 0.3) is 11.0 Å². The second kappa shape index (κ2) is 12.5. The average Bonchev–Trinajstić information content (AvgIpc) is 3.49. The maximum atomic E-state index is 13.2. The monoisotopic (exact) mass is 567 g/mol. The molecule has 13 heteroatoms. The van der Waals surface area contributed by atoms with Crippen molar-refractivity contribution in [1.29, 1.82) is 0 Å². The Hall–Kier alpha value is -4.58. The molecule has 4 N–H and O–H groups in total. The normalized spacial score (nSPS) is 10.9. The predicted octanol–water partition coefficient (Wildman–Crippen LogP) is 3.89. The van der Waals surface area contributed by atoms with E-state index in [1.807, 2.05) is 13.8 Å². The van der Waals surface area contributed by atoms with Gasteiger partial charge in [0.15, 0.2) is 0 Å². The number of aromatic nitrogens is 4. The molecule has 210 valence electrons. The van der Waals surface area contributed by atoms with Crippen LogP contribution in [0.3, 0.4) is 0 Å². The molecular formula is C27H30ClN7O5. The van der Waals surface area contributed by atoms with E-state index in [1.54, 1.807) is 45.6 Å². The van der Waals surface area contributed by atoms with Crippen LogP contribution in [0.2, 0.25) is 5.02 Å². The zero-order valence-corrected chi connectivity index (χ0v) is 23.1. The Labute approximate surface area is 235 Å². The smallest absolute Gasteiger partial charge is 0.407 e. The van der Waals surface area contributed by atoms with Crippen molar-refractivity contribution in [2.24, 2.45) is 5.73 Å². The standard InChI is InChI=1S/C27H30ClN7O5/c1-4-35-21(12-16(2)33-35)25(37)32-26-31-20-13-18(24(29)36)14-22(39-3)23(20)34(26)11-5-10-30-27(38)40-15-17-6-8-19(28)9-7-17/h6-9,12-14H,4-5,10-11,15H2,1-3H3,(H2,29,36)(H,30,38)(H,31,32,37). The second-order valence-electron chi connectivity index (χ2n) is 8.92. The van der Waals surface area contributed by atoms with Crippen LogP contribution in [-0.4, -0.2) is 50.9 Å². The summed E-state index contributed by atoms with van der Waals surface area (Å²) in [6.45, 7) is 4.96. The molecule has 0 saturated heterocycles. The van der Waals surface area contributed by atoms with E-state index in [-0.39, 0.29) is 24.7 Å². The van der Waals surface area contributed by atoms with E-state index < -0.39 is 17.9 Å². The van der Waals surface area contributed by atoms with Gasteiger partial charge in [-0.25, -0.2) is 9.78 Å². The van der Waals surface area contributed by atoms with Gasteiger partial charge >= 0.3 is 6.09 Å². The lowest BCUT2D eigenvalue weighted by Gasteiger charge is -2.13. The minimum atomic E-state index is -0.635. The number of nitrogens with one attached hydrogen (secondary N) is 2. The van der Waals surface area contributed by atoms with Crippen molar-refractivity contribution in [3.8, 4) is 5.75 Å². The van der Waals surface area contributed by atoms with E-state index >= 15 is 0 Å². The molecule has 2 aromatic carbocycles. The van der Waals surface area contributed by atoms with Crippen molar-refractivity contribution in [1.82, 2.24) is 24.6 Å². The third-order valence-electron chi connectivity index (χ3n) is 6.08. The summed E-state index contributed by atoms with van der Waals surface area (Å²) < 4.78 is 14.2. The van der Waals surface area contributed by atoms with Crippen LogP contribution in [0.15, 0.2) is 42.5 Å². The van der Waals surface area contributed by atoms with Crippen molar-refractivity contribution >= 4 is 46.5 Å². The van der Waals surface area contributed by atoms with Gasteiger partial charge in [-0.15, -0.1) is 0 Å². The lowest BCUT2D eigenvalue weighted by atomic mass is 10.1. The first-order valence-corrected chi connectivity index (χ1v) is 13.0. The van der Waals surface area contributed by atoms with Gasteiger partial charge < -0.3 is 25.1 Å². The Morgan fingerprint density at radius 3 is 2.55 bits per heavy atom. The summed E-state index contributed by atoms with van der Waals surface area (Å²) in [7, 11) is 1.47. The van der Waals surface area contributed by atoms with E-state index in [1.165, 1.54) is 13.2 Å². The van der Waals surface area contributed by atoms with Crippen LogP contribution in [0.4, 0.5) is 10.7 Å². The van der Waals surface area contributed by atoms with Gasteiger partial charge in [0, 0.05) is 30.2 Å². The van der Waals surface area contributed by atoms with Crippen LogP contribution in [-0.2, 0) is 24.4 Å². The molecule has 0 bridgehead atoms. The van der Waals surface area contributed by atoms with Gasteiger partial charge in [0.25, 0.3) is 5.91 Å². The maximum absolute atomic E-state index is 13.2. The molecule has 2 heterocycles. The fourth-order valence-electron chi connectivity index (χ4n) is 4.18. The Morgan fingerprint density at radius 1 is 1.12 bits per heavy atom. The zero-order chi connectivity index (χ0) is 28.8. The van der Waals surface area contributed by atoms with Crippen LogP contribution < -0.4 is 21.1 Å². The Kier molecular flexibility index (Phi) is 8.90. The number of carbonyl (C=O) groups excluding carboxylic acids is 3. The van der Waals surface area contributed by atoms with E-state index in [4.69, 9.17) is 26.8 Å². The van der Waals surface area contributed by atoms with Gasteiger partial charge in [0.2, 0.25) is 11.9 Å². The zero-order valence-electron chi connectivity index (χ0n) is 22.4. The minimum absolute atomic E-state index is 0.110. The van der Waals surface area contributed by atoms with Gasteiger partial charge in [-0.3, -0.25) is 19.6 Å². The lowest BCUT2D eigenvalue weighted by Crippen LogP contribution is -2.26. The first-order valence-electron chi connectivity index (χ1n) is 12.6. The van der Waals surface area contributed by atoms with Gasteiger partial charge in [0.05, 0.1) is 18.3 Å². The molecule has 0 spiro atoms. The number of halogens is 1. The molecular weight excluding hydrogens is 538 g/mol. The number of alkyl carbamates (subject to hydrolysis) is 1. The summed E-state index contributed by atoms with van der Waals surface area (Å²) >= 11 is 5.88. The number of imidazole rings is 1. The molecule has 0 saturated carbocycles. The SMILES string of the molecule is CCn1nc(C)cc1C(=O)Nc1nc2cc(C(N)=O)cc(OC)c2n1CCCNC(=O)OCc1ccc(Cl)cc1. The number of hydrogen-bond donors (Lipinski definition) is 3. The van der Waals surface area contributed by atoms with Crippen LogP contribution >= 0.6 is 11.6 Å². The van der Waals surface area contributed by atoms with E-state index in [9.17, 15) is 14.4 Å². The Morgan fingerprint density at radius 2 is 1.88 bits per heavy atom. The minimum Gasteiger partial charge on any atom is -0.494 e. The maximum Gasteiger partial charge on any atom is 0.407 e. The predicted molar refractivity (Wildman–Crippen MR) is 150 cm³/mol. The quantitative estimate of drug-likeness (QED) is 0.232. The third kappa shape index (κ3) is 6.52. The summed E-state index contributed by atoms with van der Waals surface area (Å²) in [6, 6.07) is 11.8. The van der Waals surface area contributed by atoms with Crippen LogP contribution in [0.5, 0.6) is 5.75 Å². The lowest BCUT2D eigenvalue weighted by molar-refractivity contribution is 0.0995. The van der Waals surface area contributed by atoms with Crippen molar-refractivity contribution in [2.75, 3.05) is 19.0 Å². The number of anilines is 1. The second-order valence-corrected chi connectivity index (χ2v) is 9.36. The molecule has 0 aliphatic heterocycles. The largest absolute Gasteiger partial charge is 0.494 e. The summed E-state index contributed by atoms with van der Waals surface area (Å²) in [6.07, 6.45) is -0.0947. The number of amides is 3.